The zero-order valence-corrected chi connectivity index (χ0v) is 17.7. The second-order valence-corrected chi connectivity index (χ2v) is 8.32. The van der Waals surface area contributed by atoms with Crippen LogP contribution < -0.4 is 5.32 Å². The molecular weight excluding hydrogens is 413 g/mol. The molecule has 2 aromatic carbocycles. The van der Waals surface area contributed by atoms with Gasteiger partial charge in [0.1, 0.15) is 0 Å². The molecule has 1 amide bonds. The van der Waals surface area contributed by atoms with Gasteiger partial charge in [-0.05, 0) is 74.5 Å². The highest BCUT2D eigenvalue weighted by atomic mass is 35.5. The monoisotopic (exact) mass is 438 g/mol. The van der Waals surface area contributed by atoms with E-state index < -0.39 is 17.3 Å². The van der Waals surface area contributed by atoms with Gasteiger partial charge < -0.3 is 10.2 Å². The summed E-state index contributed by atoms with van der Waals surface area (Å²) in [5.41, 5.74) is 0.675. The predicted molar refractivity (Wildman–Crippen MR) is 113 cm³/mol. The molecule has 0 bridgehead atoms. The van der Waals surface area contributed by atoms with Gasteiger partial charge in [-0.25, -0.2) is 0 Å². The number of amides is 1. The molecule has 3 nitrogen and oxygen atoms in total. The summed E-state index contributed by atoms with van der Waals surface area (Å²) in [4.78, 5) is 15.5. The molecule has 4 rings (SSSR count). The number of alkyl halides is 3. The van der Waals surface area contributed by atoms with Crippen LogP contribution in [-0.2, 0) is 11.7 Å². The Morgan fingerprint density at radius 3 is 2.43 bits per heavy atom. The third-order valence-electron chi connectivity index (χ3n) is 6.00. The zero-order valence-electron chi connectivity index (χ0n) is 16.8. The number of piperidine rings is 1. The quantitative estimate of drug-likeness (QED) is 0.697. The first-order valence-corrected chi connectivity index (χ1v) is 10.1. The average molecular weight is 439 g/mol. The van der Waals surface area contributed by atoms with E-state index >= 15 is 0 Å². The Bertz CT molecular complexity index is 899. The smallest absolute Gasteiger partial charge is 0.341 e. The van der Waals surface area contributed by atoms with Crippen LogP contribution in [0.15, 0.2) is 48.5 Å². The van der Waals surface area contributed by atoms with Gasteiger partial charge in [-0.3, -0.25) is 4.79 Å². The van der Waals surface area contributed by atoms with Crippen LogP contribution in [0, 0.1) is 0 Å². The third kappa shape index (κ3) is 4.65. The molecular formula is C23H26ClF3N2O. The number of nitrogens with one attached hydrogen (secondary N) is 1. The van der Waals surface area contributed by atoms with Gasteiger partial charge in [0, 0.05) is 12.1 Å². The molecule has 2 aromatic rings. The number of rotatable bonds is 4. The fourth-order valence-corrected chi connectivity index (χ4v) is 4.40. The standard InChI is InChI=1S/C23H25F3N2O.ClH/c1-28-13-5-12-22(15-28,17-6-3-2-4-7-17)27-21(29)19-11-10-18(23(24,25)26)14-20(19)16-8-9-16;/h2-4,6-7,10-11,14,16H,5,8-9,12-13,15H2,1H3,(H,27,29);1H/t22-;/m0./s1. The molecule has 1 saturated carbocycles. The molecule has 0 radical (unpaired) electrons. The van der Waals surface area contributed by atoms with Crippen molar-refractivity contribution in [3.8, 4) is 0 Å². The average Bonchev–Trinajstić information content (AvgIpc) is 3.53. The van der Waals surface area contributed by atoms with Crippen LogP contribution in [0.25, 0.3) is 0 Å². The highest BCUT2D eigenvalue weighted by Crippen LogP contribution is 2.44. The number of nitrogens with zero attached hydrogens (tertiary/aromatic N) is 1. The number of likely N-dealkylation sites (tertiary alicyclic amines) is 1. The van der Waals surface area contributed by atoms with Crippen molar-refractivity contribution in [3.63, 3.8) is 0 Å². The van der Waals surface area contributed by atoms with Crippen LogP contribution >= 0.6 is 12.4 Å². The topological polar surface area (TPSA) is 32.3 Å². The molecule has 162 valence electrons. The van der Waals surface area contributed by atoms with E-state index in [1.807, 2.05) is 37.4 Å². The fourth-order valence-electron chi connectivity index (χ4n) is 4.40. The second kappa shape index (κ2) is 8.60. The summed E-state index contributed by atoms with van der Waals surface area (Å²) in [6.45, 7) is 1.63. The van der Waals surface area contributed by atoms with E-state index in [1.54, 1.807) is 0 Å². The lowest BCUT2D eigenvalue weighted by molar-refractivity contribution is -0.137. The molecule has 0 aromatic heterocycles. The minimum absolute atomic E-state index is 0. The number of likely N-dealkylation sites (N-methyl/N-ethyl adjacent to an activating group) is 1. The number of halogens is 4. The Hall–Kier alpha value is -2.05. The SMILES string of the molecule is CN1CCC[C@@](NC(=O)c2ccc(C(F)(F)F)cc2C2CC2)(c2ccccc2)C1.Cl. The minimum Gasteiger partial charge on any atom is -0.341 e. The maximum Gasteiger partial charge on any atom is 0.416 e. The van der Waals surface area contributed by atoms with Gasteiger partial charge >= 0.3 is 6.18 Å². The van der Waals surface area contributed by atoms with E-state index in [2.05, 4.69) is 10.2 Å². The van der Waals surface area contributed by atoms with Gasteiger partial charge in [-0.1, -0.05) is 30.3 Å². The van der Waals surface area contributed by atoms with Crippen molar-refractivity contribution in [1.82, 2.24) is 10.2 Å². The molecule has 0 unspecified atom stereocenters. The minimum atomic E-state index is -4.41. The second-order valence-electron chi connectivity index (χ2n) is 8.32. The molecule has 1 saturated heterocycles. The Labute approximate surface area is 181 Å². The van der Waals surface area contributed by atoms with Crippen molar-refractivity contribution in [1.29, 1.82) is 0 Å². The number of carbonyl (C=O) groups excluding carboxylic acids is 1. The zero-order chi connectivity index (χ0) is 20.6. The Morgan fingerprint density at radius 2 is 1.83 bits per heavy atom. The highest BCUT2D eigenvalue weighted by molar-refractivity contribution is 5.96. The van der Waals surface area contributed by atoms with E-state index in [0.717, 1.165) is 49.9 Å². The van der Waals surface area contributed by atoms with Gasteiger partial charge in [0.2, 0.25) is 0 Å². The molecule has 1 heterocycles. The first kappa shape index (κ1) is 22.6. The summed E-state index contributed by atoms with van der Waals surface area (Å²) in [7, 11) is 2.02. The Balaban J connectivity index is 0.00000256. The van der Waals surface area contributed by atoms with Crippen molar-refractivity contribution < 1.29 is 18.0 Å². The first-order valence-electron chi connectivity index (χ1n) is 10.1. The van der Waals surface area contributed by atoms with E-state index in [9.17, 15) is 18.0 Å². The number of benzene rings is 2. The van der Waals surface area contributed by atoms with Crippen LogP contribution in [0.1, 0.15) is 58.6 Å². The fraction of sp³-hybridized carbons (Fsp3) is 0.435. The van der Waals surface area contributed by atoms with E-state index in [-0.39, 0.29) is 24.2 Å². The molecule has 1 atom stereocenters. The lowest BCUT2D eigenvalue weighted by atomic mass is 9.82. The lowest BCUT2D eigenvalue weighted by Crippen LogP contribution is -2.55. The molecule has 1 N–H and O–H groups in total. The van der Waals surface area contributed by atoms with Crippen molar-refractivity contribution in [2.45, 2.75) is 43.3 Å². The van der Waals surface area contributed by atoms with Crippen molar-refractivity contribution in [2.75, 3.05) is 20.1 Å². The number of hydrogen-bond acceptors (Lipinski definition) is 2. The molecule has 2 fully saturated rings. The Morgan fingerprint density at radius 1 is 1.13 bits per heavy atom. The summed E-state index contributed by atoms with van der Waals surface area (Å²) >= 11 is 0. The van der Waals surface area contributed by atoms with Crippen LogP contribution in [0.5, 0.6) is 0 Å². The summed E-state index contributed by atoms with van der Waals surface area (Å²) in [5.74, 6) is -0.250. The van der Waals surface area contributed by atoms with Crippen LogP contribution in [0.2, 0.25) is 0 Å². The maximum absolute atomic E-state index is 13.3. The molecule has 30 heavy (non-hydrogen) atoms. The number of hydrogen-bond donors (Lipinski definition) is 1. The molecule has 2 aliphatic rings. The maximum atomic E-state index is 13.3. The van der Waals surface area contributed by atoms with Crippen LogP contribution in [0.4, 0.5) is 13.2 Å². The summed E-state index contributed by atoms with van der Waals surface area (Å²) in [6.07, 6.45) is -1.01. The van der Waals surface area contributed by atoms with Gasteiger partial charge in [0.05, 0.1) is 11.1 Å². The molecule has 1 aliphatic heterocycles. The third-order valence-corrected chi connectivity index (χ3v) is 6.00. The van der Waals surface area contributed by atoms with Crippen molar-refractivity contribution >= 4 is 18.3 Å². The predicted octanol–water partition coefficient (Wildman–Crippen LogP) is 5.36. The van der Waals surface area contributed by atoms with Crippen molar-refractivity contribution in [3.05, 3.63) is 70.8 Å². The highest BCUT2D eigenvalue weighted by Gasteiger charge is 2.39. The van der Waals surface area contributed by atoms with Gasteiger partial charge in [0.25, 0.3) is 5.91 Å². The largest absolute Gasteiger partial charge is 0.416 e. The molecule has 7 heteroatoms. The van der Waals surface area contributed by atoms with Gasteiger partial charge in [-0.15, -0.1) is 12.4 Å². The van der Waals surface area contributed by atoms with Crippen LogP contribution in [0.3, 0.4) is 0 Å². The summed E-state index contributed by atoms with van der Waals surface area (Å²) in [5, 5.41) is 3.21. The first-order chi connectivity index (χ1) is 13.8. The summed E-state index contributed by atoms with van der Waals surface area (Å²) < 4.78 is 39.5. The Kier molecular flexibility index (Phi) is 6.48. The molecule has 1 aliphatic carbocycles. The molecule has 0 spiro atoms. The van der Waals surface area contributed by atoms with Crippen LogP contribution in [-0.4, -0.2) is 30.9 Å². The normalized spacial score (nSPS) is 22.3. The van der Waals surface area contributed by atoms with E-state index in [1.165, 1.54) is 6.07 Å². The number of carbonyl (C=O) groups is 1. The van der Waals surface area contributed by atoms with Crippen molar-refractivity contribution in [2.24, 2.45) is 0 Å². The lowest BCUT2D eigenvalue weighted by Gasteiger charge is -2.42. The summed E-state index contributed by atoms with van der Waals surface area (Å²) in [6, 6.07) is 13.4. The van der Waals surface area contributed by atoms with E-state index in [0.29, 0.717) is 17.7 Å². The van der Waals surface area contributed by atoms with Gasteiger partial charge in [0.15, 0.2) is 0 Å². The van der Waals surface area contributed by atoms with Gasteiger partial charge in [-0.2, -0.15) is 13.2 Å². The van der Waals surface area contributed by atoms with E-state index in [4.69, 9.17) is 0 Å².